The molecule has 116 valence electrons. The van der Waals surface area contributed by atoms with E-state index in [1.54, 1.807) is 7.11 Å². The monoisotopic (exact) mass is 309 g/mol. The van der Waals surface area contributed by atoms with Gasteiger partial charge < -0.3 is 14.8 Å². The highest BCUT2D eigenvalue weighted by molar-refractivity contribution is 6.30. The molecule has 0 spiro atoms. The van der Waals surface area contributed by atoms with Crippen LogP contribution in [0.3, 0.4) is 0 Å². The first-order chi connectivity index (χ1) is 10.3. The van der Waals surface area contributed by atoms with Crippen molar-refractivity contribution in [3.63, 3.8) is 0 Å². The minimum Gasteiger partial charge on any atom is -0.493 e. The largest absolute Gasteiger partial charge is 0.493 e. The second kappa shape index (κ2) is 6.89. The fourth-order valence-corrected chi connectivity index (χ4v) is 3.16. The first kappa shape index (κ1) is 15.0. The van der Waals surface area contributed by atoms with Gasteiger partial charge in [0.1, 0.15) is 0 Å². The van der Waals surface area contributed by atoms with Gasteiger partial charge >= 0.3 is 0 Å². The van der Waals surface area contributed by atoms with Crippen LogP contribution in [0.25, 0.3) is 0 Å². The molecule has 2 fully saturated rings. The Kier molecular flexibility index (Phi) is 4.91. The van der Waals surface area contributed by atoms with Gasteiger partial charge in [-0.05, 0) is 44.6 Å². The Morgan fingerprint density at radius 3 is 2.57 bits per heavy atom. The smallest absolute Gasteiger partial charge is 0.166 e. The zero-order valence-corrected chi connectivity index (χ0v) is 13.4. The van der Waals surface area contributed by atoms with Crippen molar-refractivity contribution < 1.29 is 9.47 Å². The fourth-order valence-electron chi connectivity index (χ4n) is 2.93. The SMILES string of the molecule is COc1cc(Cl)cc(CNC2CC2)c1OC1CCCCC1. The number of methoxy groups -OCH3 is 1. The Morgan fingerprint density at radius 2 is 1.90 bits per heavy atom. The Balaban J connectivity index is 1.78. The molecule has 3 nitrogen and oxygen atoms in total. The molecule has 0 bridgehead atoms. The van der Waals surface area contributed by atoms with Crippen LogP contribution in [0, 0.1) is 0 Å². The molecule has 0 atom stereocenters. The van der Waals surface area contributed by atoms with Crippen molar-refractivity contribution in [1.82, 2.24) is 5.32 Å². The molecule has 0 aliphatic heterocycles. The van der Waals surface area contributed by atoms with Gasteiger partial charge in [-0.15, -0.1) is 0 Å². The van der Waals surface area contributed by atoms with Gasteiger partial charge in [-0.25, -0.2) is 0 Å². The van der Waals surface area contributed by atoms with Gasteiger partial charge in [0, 0.05) is 29.2 Å². The lowest BCUT2D eigenvalue weighted by Crippen LogP contribution is -2.22. The first-order valence-corrected chi connectivity index (χ1v) is 8.40. The summed E-state index contributed by atoms with van der Waals surface area (Å²) >= 11 is 6.21. The van der Waals surface area contributed by atoms with Crippen molar-refractivity contribution >= 4 is 11.6 Å². The molecule has 2 saturated carbocycles. The molecule has 0 heterocycles. The van der Waals surface area contributed by atoms with Crippen LogP contribution in [-0.4, -0.2) is 19.3 Å². The van der Waals surface area contributed by atoms with Crippen molar-refractivity contribution in [3.05, 3.63) is 22.7 Å². The highest BCUT2D eigenvalue weighted by atomic mass is 35.5. The third-order valence-electron chi connectivity index (χ3n) is 4.31. The first-order valence-electron chi connectivity index (χ1n) is 8.02. The zero-order valence-electron chi connectivity index (χ0n) is 12.7. The maximum Gasteiger partial charge on any atom is 0.166 e. The van der Waals surface area contributed by atoms with Crippen LogP contribution in [0.2, 0.25) is 5.02 Å². The van der Waals surface area contributed by atoms with Gasteiger partial charge in [0.25, 0.3) is 0 Å². The molecule has 0 unspecified atom stereocenters. The lowest BCUT2D eigenvalue weighted by Gasteiger charge is -2.25. The molecule has 3 rings (SSSR count). The normalized spacial score (nSPS) is 19.5. The van der Waals surface area contributed by atoms with Crippen LogP contribution < -0.4 is 14.8 Å². The maximum atomic E-state index is 6.29. The van der Waals surface area contributed by atoms with Crippen molar-refractivity contribution in [2.75, 3.05) is 7.11 Å². The Bertz CT molecular complexity index is 482. The second-order valence-electron chi connectivity index (χ2n) is 6.13. The summed E-state index contributed by atoms with van der Waals surface area (Å²) in [6.07, 6.45) is 8.99. The van der Waals surface area contributed by atoms with Gasteiger partial charge in [0.15, 0.2) is 11.5 Å². The van der Waals surface area contributed by atoms with Crippen LogP contribution in [0.1, 0.15) is 50.5 Å². The number of ether oxygens (including phenoxy) is 2. The second-order valence-corrected chi connectivity index (χ2v) is 6.57. The summed E-state index contributed by atoms with van der Waals surface area (Å²) < 4.78 is 11.8. The van der Waals surface area contributed by atoms with E-state index >= 15 is 0 Å². The minimum atomic E-state index is 0.313. The van der Waals surface area contributed by atoms with Crippen molar-refractivity contribution in [1.29, 1.82) is 0 Å². The molecular weight excluding hydrogens is 286 g/mol. The Labute approximate surface area is 132 Å². The minimum absolute atomic E-state index is 0.313. The Hall–Kier alpha value is -0.930. The molecule has 4 heteroatoms. The number of hydrogen-bond donors (Lipinski definition) is 1. The predicted octanol–water partition coefficient (Wildman–Crippen LogP) is 4.31. The molecule has 0 radical (unpaired) electrons. The van der Waals surface area contributed by atoms with E-state index in [2.05, 4.69) is 5.32 Å². The summed E-state index contributed by atoms with van der Waals surface area (Å²) in [5.41, 5.74) is 1.11. The third-order valence-corrected chi connectivity index (χ3v) is 4.53. The van der Waals surface area contributed by atoms with Gasteiger partial charge in [-0.3, -0.25) is 0 Å². The van der Waals surface area contributed by atoms with Gasteiger partial charge in [0.2, 0.25) is 0 Å². The summed E-state index contributed by atoms with van der Waals surface area (Å²) in [5.74, 6) is 1.63. The summed E-state index contributed by atoms with van der Waals surface area (Å²) in [4.78, 5) is 0. The molecule has 1 aromatic carbocycles. The fraction of sp³-hybridized carbons (Fsp3) is 0.647. The third kappa shape index (κ3) is 4.04. The van der Waals surface area contributed by atoms with E-state index in [1.165, 1.54) is 32.1 Å². The topological polar surface area (TPSA) is 30.5 Å². The molecule has 1 N–H and O–H groups in total. The van der Waals surface area contributed by atoms with E-state index in [1.807, 2.05) is 12.1 Å². The molecule has 0 saturated heterocycles. The van der Waals surface area contributed by atoms with Gasteiger partial charge in [0.05, 0.1) is 13.2 Å². The summed E-state index contributed by atoms with van der Waals surface area (Å²) in [7, 11) is 1.68. The van der Waals surface area contributed by atoms with Gasteiger partial charge in [-0.1, -0.05) is 18.0 Å². The van der Waals surface area contributed by atoms with Crippen molar-refractivity contribution in [2.24, 2.45) is 0 Å². The highest BCUT2D eigenvalue weighted by Crippen LogP contribution is 2.37. The van der Waals surface area contributed by atoms with E-state index in [0.29, 0.717) is 17.2 Å². The van der Waals surface area contributed by atoms with Crippen LogP contribution >= 0.6 is 11.6 Å². The summed E-state index contributed by atoms with van der Waals surface area (Å²) in [6.45, 7) is 0.795. The van der Waals surface area contributed by atoms with Crippen LogP contribution in [0.15, 0.2) is 12.1 Å². The lowest BCUT2D eigenvalue weighted by atomic mass is 9.97. The van der Waals surface area contributed by atoms with Crippen molar-refractivity contribution in [2.45, 2.75) is 63.6 Å². The zero-order chi connectivity index (χ0) is 14.7. The standard InChI is InChI=1S/C17H24ClNO2/c1-20-16-10-13(18)9-12(11-19-14-7-8-14)17(16)21-15-5-3-2-4-6-15/h9-10,14-15,19H,2-8,11H2,1H3. The molecule has 2 aliphatic rings. The quantitative estimate of drug-likeness (QED) is 0.849. The summed E-state index contributed by atoms with van der Waals surface area (Å²) in [5, 5.41) is 4.24. The average Bonchev–Trinajstić information content (AvgIpc) is 3.32. The van der Waals surface area contributed by atoms with E-state index < -0.39 is 0 Å². The maximum absolute atomic E-state index is 6.29. The number of halogens is 1. The predicted molar refractivity (Wildman–Crippen MR) is 85.4 cm³/mol. The Morgan fingerprint density at radius 1 is 1.14 bits per heavy atom. The van der Waals surface area contributed by atoms with E-state index in [9.17, 15) is 0 Å². The average molecular weight is 310 g/mol. The van der Waals surface area contributed by atoms with E-state index in [-0.39, 0.29) is 0 Å². The van der Waals surface area contributed by atoms with Crippen LogP contribution in [-0.2, 0) is 6.54 Å². The van der Waals surface area contributed by atoms with Crippen LogP contribution in [0.5, 0.6) is 11.5 Å². The highest BCUT2D eigenvalue weighted by Gasteiger charge is 2.23. The number of nitrogens with one attached hydrogen (secondary N) is 1. The van der Waals surface area contributed by atoms with Crippen LogP contribution in [0.4, 0.5) is 0 Å². The van der Waals surface area contributed by atoms with E-state index in [0.717, 1.165) is 36.4 Å². The lowest BCUT2D eigenvalue weighted by molar-refractivity contribution is 0.148. The number of rotatable bonds is 6. The van der Waals surface area contributed by atoms with Gasteiger partial charge in [-0.2, -0.15) is 0 Å². The molecule has 21 heavy (non-hydrogen) atoms. The number of hydrogen-bond acceptors (Lipinski definition) is 3. The number of benzene rings is 1. The molecular formula is C17H24ClNO2. The van der Waals surface area contributed by atoms with Crippen molar-refractivity contribution in [3.8, 4) is 11.5 Å². The molecule has 1 aromatic rings. The molecule has 0 amide bonds. The summed E-state index contributed by atoms with van der Waals surface area (Å²) in [6, 6.07) is 4.51. The molecule has 2 aliphatic carbocycles. The molecule has 0 aromatic heterocycles. The van der Waals surface area contributed by atoms with E-state index in [4.69, 9.17) is 21.1 Å².